The van der Waals surface area contributed by atoms with Crippen molar-refractivity contribution < 1.29 is 18.0 Å². The Kier molecular flexibility index (Phi) is 9.82. The molecule has 0 bridgehead atoms. The quantitative estimate of drug-likeness (QED) is 0.542. The van der Waals surface area contributed by atoms with Gasteiger partial charge in [0.2, 0.25) is 21.8 Å². The van der Waals surface area contributed by atoms with E-state index in [9.17, 15) is 18.0 Å². The van der Waals surface area contributed by atoms with E-state index in [-0.39, 0.29) is 11.8 Å². The summed E-state index contributed by atoms with van der Waals surface area (Å²) >= 11 is 1.57. The van der Waals surface area contributed by atoms with Gasteiger partial charge in [-0.2, -0.15) is 16.5 Å². The van der Waals surface area contributed by atoms with Gasteiger partial charge in [0.05, 0.1) is 0 Å². The highest BCUT2D eigenvalue weighted by molar-refractivity contribution is 7.98. The maximum atomic E-state index is 13.2. The molecule has 0 aromatic heterocycles. The van der Waals surface area contributed by atoms with Crippen molar-refractivity contribution in [3.63, 3.8) is 0 Å². The zero-order chi connectivity index (χ0) is 23.7. The van der Waals surface area contributed by atoms with Gasteiger partial charge in [-0.15, -0.1) is 0 Å². The fourth-order valence-electron chi connectivity index (χ4n) is 4.43. The monoisotopic (exact) mass is 493 g/mol. The molecule has 2 aliphatic rings. The van der Waals surface area contributed by atoms with Crippen LogP contribution in [0, 0.1) is 5.92 Å². The summed E-state index contributed by atoms with van der Waals surface area (Å²) < 4.78 is 27.9. The second-order valence-corrected chi connectivity index (χ2v) is 11.4. The number of hydrogen-bond acceptors (Lipinski definition) is 5. The van der Waals surface area contributed by atoms with E-state index >= 15 is 0 Å². The highest BCUT2D eigenvalue weighted by Gasteiger charge is 2.31. The van der Waals surface area contributed by atoms with Gasteiger partial charge in [0, 0.05) is 38.0 Å². The molecule has 33 heavy (non-hydrogen) atoms. The maximum absolute atomic E-state index is 13.2. The molecular formula is C24H35N3O4S2. The van der Waals surface area contributed by atoms with Gasteiger partial charge < -0.3 is 9.80 Å². The maximum Gasteiger partial charge on any atom is 0.240 e. The minimum absolute atomic E-state index is 0.180. The Labute approximate surface area is 202 Å². The van der Waals surface area contributed by atoms with Crippen LogP contribution in [0.25, 0.3) is 6.08 Å². The van der Waals surface area contributed by atoms with E-state index in [2.05, 4.69) is 4.72 Å². The average Bonchev–Trinajstić information content (AvgIpc) is 3.34. The third-order valence-corrected chi connectivity index (χ3v) is 8.09. The van der Waals surface area contributed by atoms with Crippen LogP contribution in [0.15, 0.2) is 35.7 Å². The van der Waals surface area contributed by atoms with Crippen molar-refractivity contribution in [2.24, 2.45) is 5.92 Å². The number of nitrogens with zero attached hydrogens (tertiary/aromatic N) is 2. The molecule has 2 fully saturated rings. The third-order valence-electron chi connectivity index (χ3n) is 6.34. The summed E-state index contributed by atoms with van der Waals surface area (Å²) in [5.41, 5.74) is 0.772. The van der Waals surface area contributed by atoms with Crippen LogP contribution < -0.4 is 4.72 Å². The smallest absolute Gasteiger partial charge is 0.240 e. The Morgan fingerprint density at radius 3 is 2.36 bits per heavy atom. The van der Waals surface area contributed by atoms with Crippen LogP contribution >= 0.6 is 11.8 Å². The molecular weight excluding hydrogens is 458 g/mol. The number of sulfonamides is 1. The Morgan fingerprint density at radius 2 is 1.73 bits per heavy atom. The van der Waals surface area contributed by atoms with Gasteiger partial charge >= 0.3 is 0 Å². The lowest BCUT2D eigenvalue weighted by atomic mass is 10.0. The number of rotatable bonds is 10. The van der Waals surface area contributed by atoms with E-state index < -0.39 is 16.1 Å². The lowest BCUT2D eigenvalue weighted by molar-refractivity contribution is -0.141. The van der Waals surface area contributed by atoms with Gasteiger partial charge in [0.1, 0.15) is 6.04 Å². The number of benzene rings is 1. The first kappa shape index (κ1) is 25.8. The summed E-state index contributed by atoms with van der Waals surface area (Å²) in [6.45, 7) is 1.89. The third kappa shape index (κ3) is 8.15. The van der Waals surface area contributed by atoms with Crippen molar-refractivity contribution in [2.75, 3.05) is 38.2 Å². The van der Waals surface area contributed by atoms with Gasteiger partial charge in [-0.3, -0.25) is 9.59 Å². The summed E-state index contributed by atoms with van der Waals surface area (Å²) in [5, 5.41) is 1.11. The number of carbonyl (C=O) groups is 2. The second kappa shape index (κ2) is 12.6. The van der Waals surface area contributed by atoms with Gasteiger partial charge in [0.15, 0.2) is 0 Å². The molecule has 9 heteroatoms. The van der Waals surface area contributed by atoms with E-state index in [0.717, 1.165) is 23.8 Å². The first-order valence-corrected chi connectivity index (χ1v) is 14.6. The minimum atomic E-state index is -3.78. The van der Waals surface area contributed by atoms with Crippen molar-refractivity contribution in [3.05, 3.63) is 41.3 Å². The standard InChI is InChI=1S/C24H35N3O4S2/c1-32-17-11-22(25-33(30,31)18-12-20-7-3-2-4-8-20)24(29)27-15-13-26(14-16-27)23(28)19-21-9-5-6-10-21/h2-4,7-8,12,18,21-22,25H,5-6,9-11,13-17,19H2,1H3/b18-12+. The number of amides is 2. The van der Waals surface area contributed by atoms with Gasteiger partial charge in [-0.05, 0) is 48.8 Å². The molecule has 1 N–H and O–H groups in total. The molecule has 182 valence electrons. The predicted molar refractivity (Wildman–Crippen MR) is 134 cm³/mol. The number of carbonyl (C=O) groups excluding carboxylic acids is 2. The molecule has 1 aromatic carbocycles. The lowest BCUT2D eigenvalue weighted by Gasteiger charge is -2.36. The molecule has 1 aromatic rings. The van der Waals surface area contributed by atoms with E-state index in [0.29, 0.717) is 50.7 Å². The largest absolute Gasteiger partial charge is 0.339 e. The number of hydrogen-bond donors (Lipinski definition) is 1. The molecule has 1 saturated carbocycles. The van der Waals surface area contributed by atoms with Crippen LogP contribution in [-0.4, -0.2) is 74.3 Å². The molecule has 1 unspecified atom stereocenters. The summed E-state index contributed by atoms with van der Waals surface area (Å²) in [4.78, 5) is 29.3. The van der Waals surface area contributed by atoms with Crippen molar-refractivity contribution >= 4 is 39.7 Å². The van der Waals surface area contributed by atoms with Gasteiger partial charge in [0.25, 0.3) is 0 Å². The van der Waals surface area contributed by atoms with Crippen LogP contribution in [0.3, 0.4) is 0 Å². The summed E-state index contributed by atoms with van der Waals surface area (Å²) in [6, 6.07) is 8.35. The SMILES string of the molecule is CSCCC(NS(=O)(=O)/C=C/c1ccccc1)C(=O)N1CCN(C(=O)CC2CCCC2)CC1. The van der Waals surface area contributed by atoms with Crippen LogP contribution in [0.1, 0.15) is 44.1 Å². The first-order valence-electron chi connectivity index (χ1n) is 11.7. The zero-order valence-electron chi connectivity index (χ0n) is 19.3. The molecule has 1 aliphatic carbocycles. The second-order valence-electron chi connectivity index (χ2n) is 8.77. The number of thioether (sulfide) groups is 1. The van der Waals surface area contributed by atoms with E-state index in [4.69, 9.17) is 0 Å². The van der Waals surface area contributed by atoms with E-state index in [1.165, 1.54) is 18.9 Å². The zero-order valence-corrected chi connectivity index (χ0v) is 21.0. The Balaban J connectivity index is 1.56. The summed E-state index contributed by atoms with van der Waals surface area (Å²) in [7, 11) is -3.78. The van der Waals surface area contributed by atoms with Crippen LogP contribution in [0.4, 0.5) is 0 Å². The van der Waals surface area contributed by atoms with Crippen LogP contribution in [0.5, 0.6) is 0 Å². The van der Waals surface area contributed by atoms with E-state index in [1.54, 1.807) is 16.7 Å². The van der Waals surface area contributed by atoms with Crippen molar-refractivity contribution in [1.82, 2.24) is 14.5 Å². The fourth-order valence-corrected chi connectivity index (χ4v) is 5.93. The molecule has 1 atom stereocenters. The molecule has 3 rings (SSSR count). The Bertz CT molecular complexity index is 907. The van der Waals surface area contributed by atoms with Crippen LogP contribution in [-0.2, 0) is 19.6 Å². The topological polar surface area (TPSA) is 86.8 Å². The molecule has 1 aliphatic heterocycles. The van der Waals surface area contributed by atoms with Crippen molar-refractivity contribution in [3.8, 4) is 0 Å². The summed E-state index contributed by atoms with van der Waals surface area (Å²) in [6.07, 6.45) is 9.19. The lowest BCUT2D eigenvalue weighted by Crippen LogP contribution is -2.55. The molecule has 1 heterocycles. The number of nitrogens with one attached hydrogen (secondary N) is 1. The molecule has 1 saturated heterocycles. The Hall–Kier alpha value is -1.84. The van der Waals surface area contributed by atoms with Gasteiger partial charge in [-0.25, -0.2) is 8.42 Å². The van der Waals surface area contributed by atoms with Crippen molar-refractivity contribution in [1.29, 1.82) is 0 Å². The van der Waals surface area contributed by atoms with E-state index in [1.807, 2.05) is 41.5 Å². The molecule has 2 amide bonds. The van der Waals surface area contributed by atoms with Gasteiger partial charge in [-0.1, -0.05) is 43.2 Å². The minimum Gasteiger partial charge on any atom is -0.339 e. The normalized spacial score (nSPS) is 18.7. The Morgan fingerprint density at radius 1 is 1.09 bits per heavy atom. The highest BCUT2D eigenvalue weighted by atomic mass is 32.2. The van der Waals surface area contributed by atoms with Crippen molar-refractivity contribution in [2.45, 2.75) is 44.6 Å². The highest BCUT2D eigenvalue weighted by Crippen LogP contribution is 2.28. The fraction of sp³-hybridized carbons (Fsp3) is 0.583. The predicted octanol–water partition coefficient (Wildman–Crippen LogP) is 2.95. The average molecular weight is 494 g/mol. The first-order chi connectivity index (χ1) is 15.9. The number of piperazine rings is 1. The molecule has 0 radical (unpaired) electrons. The molecule has 0 spiro atoms. The summed E-state index contributed by atoms with van der Waals surface area (Å²) in [5.74, 6) is 1.14. The van der Waals surface area contributed by atoms with Crippen LogP contribution in [0.2, 0.25) is 0 Å². The molecule has 7 nitrogen and oxygen atoms in total.